The Morgan fingerprint density at radius 2 is 1.81 bits per heavy atom. The van der Waals surface area contributed by atoms with Crippen molar-refractivity contribution in [3.8, 4) is 0 Å². The molecule has 2 fully saturated rings. The molecule has 0 saturated carbocycles. The van der Waals surface area contributed by atoms with Crippen LogP contribution >= 0.6 is 11.3 Å². The fraction of sp³-hybridized carbons (Fsp3) is 0.275. The Labute approximate surface area is 311 Å². The van der Waals surface area contributed by atoms with E-state index in [0.29, 0.717) is 22.9 Å². The predicted octanol–water partition coefficient (Wildman–Crippen LogP) is 5.62. The van der Waals surface area contributed by atoms with Crippen molar-refractivity contribution in [1.29, 1.82) is 0 Å². The summed E-state index contributed by atoms with van der Waals surface area (Å²) < 4.78 is 0.925. The first-order chi connectivity index (χ1) is 25.7. The Morgan fingerprint density at radius 3 is 2.60 bits per heavy atom. The normalized spacial score (nSPS) is 17.3. The molecule has 12 nitrogen and oxygen atoms in total. The number of carbonyl (C=O) groups is 4. The van der Waals surface area contributed by atoms with E-state index in [2.05, 4.69) is 29.1 Å². The lowest BCUT2D eigenvalue weighted by atomic mass is 9.99. The number of amides is 5. The number of anilines is 2. The molecule has 4 N–H and O–H groups in total. The fourth-order valence-electron chi connectivity index (χ4n) is 7.21. The lowest BCUT2D eigenvalue weighted by Crippen LogP contribution is -2.66. The number of fused-ring (bicyclic) bond motifs is 3. The van der Waals surface area contributed by atoms with Crippen molar-refractivity contribution >= 4 is 66.9 Å². The Bertz CT molecular complexity index is 2180. The van der Waals surface area contributed by atoms with Crippen LogP contribution in [0.1, 0.15) is 41.3 Å². The molecule has 2 aliphatic rings. The second-order valence-corrected chi connectivity index (χ2v) is 14.3. The van der Waals surface area contributed by atoms with Crippen LogP contribution in [0, 0.1) is 0 Å². The number of nitrogens with two attached hydrogens (primary N) is 1. The van der Waals surface area contributed by atoms with E-state index in [1.165, 1.54) is 16.3 Å². The highest BCUT2D eigenvalue weighted by molar-refractivity contribution is 7.22. The predicted molar refractivity (Wildman–Crippen MR) is 208 cm³/mol. The van der Waals surface area contributed by atoms with E-state index in [1.807, 2.05) is 66.7 Å². The van der Waals surface area contributed by atoms with Gasteiger partial charge >= 0.3 is 6.03 Å². The summed E-state index contributed by atoms with van der Waals surface area (Å²) in [7, 11) is 0. The highest BCUT2D eigenvalue weighted by Gasteiger charge is 2.52. The number of nitrogens with one attached hydrogen (secondary N) is 2. The molecule has 2 atom stereocenters. The number of para-hydroxylation sites is 1. The molecular formula is C40H42N8O4S. The van der Waals surface area contributed by atoms with Gasteiger partial charge in [-0.15, -0.1) is 6.58 Å². The Balaban J connectivity index is 1.16. The first kappa shape index (κ1) is 35.6. The zero-order valence-corrected chi connectivity index (χ0v) is 30.4. The SMILES string of the molecule is C=CCN(C(=O)NCCCC)N1CC(=O)N2C(Cc3ccc(NC(=O)c4cccc5ccccc45)cc3)C(=O)N(Cc3cccc4sc(N)nc34)C[C@@H]21. The van der Waals surface area contributed by atoms with E-state index in [9.17, 15) is 19.2 Å². The van der Waals surface area contributed by atoms with Gasteiger partial charge < -0.3 is 26.2 Å². The number of unbranched alkanes of at least 4 members (excludes halogenated alkanes) is 1. The maximum Gasteiger partial charge on any atom is 0.332 e. The minimum atomic E-state index is -0.837. The smallest absolute Gasteiger partial charge is 0.332 e. The number of hydrogen-bond acceptors (Lipinski definition) is 8. The molecule has 272 valence electrons. The number of rotatable bonds is 12. The molecule has 1 unspecified atom stereocenters. The Hall–Kier alpha value is -5.79. The highest BCUT2D eigenvalue weighted by atomic mass is 32.1. The van der Waals surface area contributed by atoms with Crippen LogP contribution in [-0.2, 0) is 22.6 Å². The van der Waals surface area contributed by atoms with Gasteiger partial charge in [0.2, 0.25) is 11.8 Å². The van der Waals surface area contributed by atoms with E-state index in [1.54, 1.807) is 39.1 Å². The quantitative estimate of drug-likeness (QED) is 0.112. The van der Waals surface area contributed by atoms with Crippen molar-refractivity contribution in [3.63, 3.8) is 0 Å². The first-order valence-corrected chi connectivity index (χ1v) is 18.6. The number of urea groups is 1. The van der Waals surface area contributed by atoms with Crippen LogP contribution in [0.5, 0.6) is 0 Å². The molecule has 0 radical (unpaired) electrons. The van der Waals surface area contributed by atoms with Gasteiger partial charge in [-0.2, -0.15) is 5.01 Å². The van der Waals surface area contributed by atoms with Gasteiger partial charge in [-0.1, -0.05) is 91.4 Å². The minimum Gasteiger partial charge on any atom is -0.375 e. The van der Waals surface area contributed by atoms with Crippen LogP contribution in [0.15, 0.2) is 97.6 Å². The van der Waals surface area contributed by atoms with Crippen molar-refractivity contribution in [2.24, 2.45) is 0 Å². The third kappa shape index (κ3) is 7.30. The van der Waals surface area contributed by atoms with Gasteiger partial charge in [0.05, 0.1) is 29.9 Å². The second kappa shape index (κ2) is 15.4. The van der Waals surface area contributed by atoms with Crippen molar-refractivity contribution in [2.75, 3.05) is 37.2 Å². The average Bonchev–Trinajstić information content (AvgIpc) is 3.71. The molecule has 5 amide bonds. The van der Waals surface area contributed by atoms with Crippen LogP contribution in [0.3, 0.4) is 0 Å². The third-order valence-electron chi connectivity index (χ3n) is 9.78. The van der Waals surface area contributed by atoms with Crippen LogP contribution in [0.25, 0.3) is 21.0 Å². The Kier molecular flexibility index (Phi) is 10.4. The lowest BCUT2D eigenvalue weighted by molar-refractivity contribution is -0.157. The summed E-state index contributed by atoms with van der Waals surface area (Å²) in [6, 6.07) is 25.4. The number of nitrogen functional groups attached to an aromatic ring is 1. The fourth-order valence-corrected chi connectivity index (χ4v) is 7.99. The summed E-state index contributed by atoms with van der Waals surface area (Å²) in [6.45, 7) is 6.99. The molecule has 2 saturated heterocycles. The first-order valence-electron chi connectivity index (χ1n) is 17.8. The molecule has 0 spiro atoms. The van der Waals surface area contributed by atoms with E-state index in [-0.39, 0.29) is 56.4 Å². The molecule has 5 aromatic rings. The number of nitrogens with zero attached hydrogens (tertiary/aromatic N) is 5. The largest absolute Gasteiger partial charge is 0.375 e. The standard InChI is InChI=1S/C40H42N8O4S/c1-3-5-20-42-40(52)46(21-4-2)47-25-35(49)48-32(38(51)45(24-34(47)48)23-28-12-9-15-33-36(28)44-39(41)53-33)22-26-16-18-29(19-17-26)43-37(50)31-14-8-11-27-10-6-7-13-30(27)31/h4,6-19,32,34H,2-3,5,20-25H2,1H3,(H2,41,44)(H,42,52)(H,43,50)/t32?,34-/m1/s1. The lowest BCUT2D eigenvalue weighted by Gasteiger charge is -2.46. The van der Waals surface area contributed by atoms with E-state index in [0.717, 1.165) is 45.0 Å². The van der Waals surface area contributed by atoms with Gasteiger partial charge in [0.25, 0.3) is 5.91 Å². The third-order valence-corrected chi connectivity index (χ3v) is 10.6. The Morgan fingerprint density at radius 1 is 1.04 bits per heavy atom. The highest BCUT2D eigenvalue weighted by Crippen LogP contribution is 2.33. The molecule has 2 aliphatic heterocycles. The topological polar surface area (TPSA) is 144 Å². The van der Waals surface area contributed by atoms with Crippen LogP contribution in [-0.4, -0.2) is 86.9 Å². The van der Waals surface area contributed by atoms with E-state index >= 15 is 0 Å². The van der Waals surface area contributed by atoms with Crippen molar-refractivity contribution in [3.05, 3.63) is 114 Å². The van der Waals surface area contributed by atoms with Crippen molar-refractivity contribution < 1.29 is 19.2 Å². The van der Waals surface area contributed by atoms with Gasteiger partial charge in [-0.05, 0) is 52.6 Å². The molecule has 0 aliphatic carbocycles. The number of thiazole rings is 1. The van der Waals surface area contributed by atoms with Gasteiger partial charge in [0, 0.05) is 30.8 Å². The molecule has 13 heteroatoms. The zero-order chi connectivity index (χ0) is 37.1. The summed E-state index contributed by atoms with van der Waals surface area (Å²) in [6.07, 6.45) is 3.02. The summed E-state index contributed by atoms with van der Waals surface area (Å²) in [5.41, 5.74) is 9.63. The van der Waals surface area contributed by atoms with E-state index in [4.69, 9.17) is 5.73 Å². The molecule has 0 bridgehead atoms. The number of benzene rings is 4. The number of piperazine rings is 1. The zero-order valence-electron chi connectivity index (χ0n) is 29.5. The molecular weight excluding hydrogens is 689 g/mol. The maximum absolute atomic E-state index is 14.5. The number of hydrazine groups is 1. The summed E-state index contributed by atoms with van der Waals surface area (Å²) in [5, 5.41) is 11.5. The number of aromatic nitrogens is 1. The number of hydrogen-bond donors (Lipinski definition) is 3. The monoisotopic (exact) mass is 730 g/mol. The molecule has 7 rings (SSSR count). The average molecular weight is 731 g/mol. The van der Waals surface area contributed by atoms with E-state index < -0.39 is 12.2 Å². The van der Waals surface area contributed by atoms with Crippen LogP contribution < -0.4 is 16.4 Å². The van der Waals surface area contributed by atoms with Gasteiger partial charge in [0.1, 0.15) is 12.2 Å². The van der Waals surface area contributed by atoms with Crippen molar-refractivity contribution in [2.45, 2.75) is 44.9 Å². The summed E-state index contributed by atoms with van der Waals surface area (Å²) in [4.78, 5) is 63.0. The van der Waals surface area contributed by atoms with Crippen molar-refractivity contribution in [1.82, 2.24) is 30.1 Å². The van der Waals surface area contributed by atoms with Crippen LogP contribution in [0.4, 0.5) is 15.6 Å². The molecule has 3 heterocycles. The maximum atomic E-state index is 14.5. The summed E-state index contributed by atoms with van der Waals surface area (Å²) >= 11 is 1.39. The molecule has 1 aromatic heterocycles. The number of carbonyl (C=O) groups excluding carboxylic acids is 4. The molecule has 53 heavy (non-hydrogen) atoms. The minimum absolute atomic E-state index is 0.0608. The summed E-state index contributed by atoms with van der Waals surface area (Å²) in [5.74, 6) is -0.664. The van der Waals surface area contributed by atoms with Gasteiger partial charge in [-0.25, -0.2) is 9.78 Å². The van der Waals surface area contributed by atoms with Gasteiger partial charge in [0.15, 0.2) is 5.13 Å². The molecule has 4 aromatic carbocycles. The van der Waals surface area contributed by atoms with Gasteiger partial charge in [-0.3, -0.25) is 19.4 Å². The second-order valence-electron chi connectivity index (χ2n) is 13.3. The van der Waals surface area contributed by atoms with Crippen LogP contribution in [0.2, 0.25) is 0 Å².